The maximum absolute atomic E-state index is 11.9. The van der Waals surface area contributed by atoms with E-state index in [1.165, 1.54) is 4.31 Å². The molecule has 18 heavy (non-hydrogen) atoms. The molecule has 0 aliphatic carbocycles. The Morgan fingerprint density at radius 3 is 2.56 bits per heavy atom. The number of carbonyl (C=O) groups is 1. The Morgan fingerprint density at radius 2 is 1.94 bits per heavy atom. The van der Waals surface area contributed by atoms with E-state index in [1.54, 1.807) is 7.11 Å². The first-order valence-electron chi connectivity index (χ1n) is 6.30. The van der Waals surface area contributed by atoms with Gasteiger partial charge >= 0.3 is 0 Å². The Balaban J connectivity index is 2.30. The van der Waals surface area contributed by atoms with Crippen LogP contribution in [-0.2, 0) is 19.6 Å². The summed E-state index contributed by atoms with van der Waals surface area (Å²) >= 11 is 0. The Morgan fingerprint density at radius 1 is 1.28 bits per heavy atom. The van der Waals surface area contributed by atoms with E-state index in [1.807, 2.05) is 0 Å². The van der Waals surface area contributed by atoms with Gasteiger partial charge in [-0.05, 0) is 12.8 Å². The second-order valence-electron chi connectivity index (χ2n) is 4.37. The highest BCUT2D eigenvalue weighted by Crippen LogP contribution is 2.13. The normalized spacial score (nSPS) is 17.6. The van der Waals surface area contributed by atoms with Crippen LogP contribution in [0.4, 0.5) is 0 Å². The third-order valence-corrected chi connectivity index (χ3v) is 4.80. The number of nitrogens with zero attached hydrogens (tertiary/aromatic N) is 1. The van der Waals surface area contributed by atoms with E-state index < -0.39 is 10.0 Å². The summed E-state index contributed by atoms with van der Waals surface area (Å²) in [5.41, 5.74) is 0. The number of methoxy groups -OCH3 is 1. The second-order valence-corrected chi connectivity index (χ2v) is 6.46. The number of ether oxygens (including phenoxy) is 1. The molecule has 0 aromatic carbocycles. The van der Waals surface area contributed by atoms with E-state index in [-0.39, 0.29) is 18.1 Å². The molecule has 1 amide bonds. The fraction of sp³-hybridized carbons (Fsp3) is 0.909. The van der Waals surface area contributed by atoms with Gasteiger partial charge in [0.1, 0.15) is 0 Å². The largest absolute Gasteiger partial charge is 0.383 e. The fourth-order valence-electron chi connectivity index (χ4n) is 1.87. The minimum atomic E-state index is -3.27. The standard InChI is InChI=1S/C11H22N2O4S/c1-17-9-6-12-11(14)5-10-18(15,16)13-7-3-2-4-8-13/h2-10H2,1H3,(H,12,14). The monoisotopic (exact) mass is 278 g/mol. The van der Waals surface area contributed by atoms with Crippen LogP contribution in [0.2, 0.25) is 0 Å². The van der Waals surface area contributed by atoms with Crippen LogP contribution in [0, 0.1) is 0 Å². The van der Waals surface area contributed by atoms with Crippen LogP contribution in [0.5, 0.6) is 0 Å². The van der Waals surface area contributed by atoms with Gasteiger partial charge in [0.25, 0.3) is 0 Å². The van der Waals surface area contributed by atoms with Gasteiger partial charge in [0.05, 0.1) is 12.4 Å². The second kappa shape index (κ2) is 7.70. The van der Waals surface area contributed by atoms with Gasteiger partial charge in [0, 0.05) is 33.2 Å². The first-order valence-corrected chi connectivity index (χ1v) is 7.90. The lowest BCUT2D eigenvalue weighted by atomic mass is 10.2. The predicted molar refractivity (Wildman–Crippen MR) is 68.7 cm³/mol. The molecule has 0 radical (unpaired) electrons. The first-order chi connectivity index (χ1) is 8.56. The van der Waals surface area contributed by atoms with Crippen LogP contribution >= 0.6 is 0 Å². The van der Waals surface area contributed by atoms with Gasteiger partial charge in [-0.15, -0.1) is 0 Å². The van der Waals surface area contributed by atoms with Gasteiger partial charge in [0.15, 0.2) is 0 Å². The van der Waals surface area contributed by atoms with Crippen LogP contribution in [0.25, 0.3) is 0 Å². The maximum Gasteiger partial charge on any atom is 0.221 e. The molecular weight excluding hydrogens is 256 g/mol. The van der Waals surface area contributed by atoms with Crippen molar-refractivity contribution in [2.75, 3.05) is 39.1 Å². The molecule has 0 aromatic heterocycles. The predicted octanol–water partition coefficient (Wildman–Crippen LogP) is -0.0452. The van der Waals surface area contributed by atoms with E-state index in [9.17, 15) is 13.2 Å². The SMILES string of the molecule is COCCNC(=O)CCS(=O)(=O)N1CCCCC1. The van der Waals surface area contributed by atoms with Crippen LogP contribution in [0.15, 0.2) is 0 Å². The highest BCUT2D eigenvalue weighted by Gasteiger charge is 2.24. The lowest BCUT2D eigenvalue weighted by Gasteiger charge is -2.25. The molecule has 1 aliphatic rings. The number of hydrogen-bond donors (Lipinski definition) is 1. The Labute approximate surface area is 109 Å². The Kier molecular flexibility index (Phi) is 6.59. The lowest BCUT2D eigenvalue weighted by Crippen LogP contribution is -2.38. The third-order valence-electron chi connectivity index (χ3n) is 2.92. The molecule has 6 nitrogen and oxygen atoms in total. The Hall–Kier alpha value is -0.660. The van der Waals surface area contributed by atoms with E-state index in [2.05, 4.69) is 5.32 Å². The van der Waals surface area contributed by atoms with Gasteiger partial charge in [-0.25, -0.2) is 12.7 Å². The molecule has 0 aromatic rings. The summed E-state index contributed by atoms with van der Waals surface area (Å²) in [7, 11) is -1.72. The van der Waals surface area contributed by atoms with Gasteiger partial charge in [-0.2, -0.15) is 0 Å². The average Bonchev–Trinajstić information content (AvgIpc) is 2.38. The summed E-state index contributed by atoms with van der Waals surface area (Å²) in [5, 5.41) is 2.61. The molecule has 0 saturated carbocycles. The van der Waals surface area contributed by atoms with Crippen LogP contribution in [-0.4, -0.2) is 57.7 Å². The quantitative estimate of drug-likeness (QED) is 0.663. The third kappa shape index (κ3) is 5.32. The topological polar surface area (TPSA) is 75.7 Å². The molecule has 0 atom stereocenters. The molecular formula is C11H22N2O4S. The van der Waals surface area contributed by atoms with Crippen molar-refractivity contribution in [1.82, 2.24) is 9.62 Å². The van der Waals surface area contributed by atoms with E-state index >= 15 is 0 Å². The number of hydrogen-bond acceptors (Lipinski definition) is 4. The van der Waals surface area contributed by atoms with E-state index in [4.69, 9.17) is 4.74 Å². The molecule has 1 rings (SSSR count). The zero-order chi connectivity index (χ0) is 13.4. The van der Waals surface area contributed by atoms with Crippen molar-refractivity contribution in [3.05, 3.63) is 0 Å². The van der Waals surface area contributed by atoms with E-state index in [0.29, 0.717) is 26.2 Å². The number of sulfonamides is 1. The summed E-state index contributed by atoms with van der Waals surface area (Å²) in [4.78, 5) is 11.4. The molecule has 0 spiro atoms. The van der Waals surface area contributed by atoms with Crippen molar-refractivity contribution >= 4 is 15.9 Å². The lowest BCUT2D eigenvalue weighted by molar-refractivity contribution is -0.120. The van der Waals surface area contributed by atoms with E-state index in [0.717, 1.165) is 19.3 Å². The zero-order valence-electron chi connectivity index (χ0n) is 10.9. The summed E-state index contributed by atoms with van der Waals surface area (Å²) < 4.78 is 30.2. The van der Waals surface area contributed by atoms with Crippen molar-refractivity contribution in [2.45, 2.75) is 25.7 Å². The van der Waals surface area contributed by atoms with Crippen LogP contribution in [0.1, 0.15) is 25.7 Å². The van der Waals surface area contributed by atoms with Gasteiger partial charge in [0.2, 0.25) is 15.9 Å². The summed E-state index contributed by atoms with van der Waals surface area (Å²) in [5.74, 6) is -0.348. The molecule has 1 heterocycles. The summed E-state index contributed by atoms with van der Waals surface area (Å²) in [6.45, 7) is 2.03. The zero-order valence-corrected chi connectivity index (χ0v) is 11.7. The molecule has 0 unspecified atom stereocenters. The first kappa shape index (κ1) is 15.4. The van der Waals surface area contributed by atoms with Crippen LogP contribution in [0.3, 0.4) is 0 Å². The van der Waals surface area contributed by atoms with Crippen molar-refractivity contribution in [1.29, 1.82) is 0 Å². The van der Waals surface area contributed by atoms with Crippen LogP contribution < -0.4 is 5.32 Å². The summed E-state index contributed by atoms with van der Waals surface area (Å²) in [6, 6.07) is 0. The number of carbonyl (C=O) groups excluding carboxylic acids is 1. The van der Waals surface area contributed by atoms with Crippen molar-refractivity contribution in [3.8, 4) is 0 Å². The summed E-state index contributed by atoms with van der Waals surface area (Å²) in [6.07, 6.45) is 2.94. The smallest absolute Gasteiger partial charge is 0.221 e. The average molecular weight is 278 g/mol. The molecule has 1 N–H and O–H groups in total. The van der Waals surface area contributed by atoms with Gasteiger partial charge < -0.3 is 10.1 Å². The van der Waals surface area contributed by atoms with Crippen molar-refractivity contribution in [2.24, 2.45) is 0 Å². The Bertz CT molecular complexity index is 350. The van der Waals surface area contributed by atoms with Gasteiger partial charge in [-0.3, -0.25) is 4.79 Å². The number of rotatable bonds is 7. The molecule has 7 heteroatoms. The highest BCUT2D eigenvalue weighted by atomic mass is 32.2. The number of amides is 1. The minimum absolute atomic E-state index is 0.0164. The van der Waals surface area contributed by atoms with Crippen molar-refractivity contribution < 1.29 is 17.9 Å². The van der Waals surface area contributed by atoms with Gasteiger partial charge in [-0.1, -0.05) is 6.42 Å². The molecule has 0 bridgehead atoms. The fourth-order valence-corrected chi connectivity index (χ4v) is 3.39. The molecule has 1 aliphatic heterocycles. The number of nitrogens with one attached hydrogen (secondary N) is 1. The molecule has 1 fully saturated rings. The van der Waals surface area contributed by atoms with Crippen molar-refractivity contribution in [3.63, 3.8) is 0 Å². The molecule has 1 saturated heterocycles. The number of piperidine rings is 1. The highest BCUT2D eigenvalue weighted by molar-refractivity contribution is 7.89. The maximum atomic E-state index is 11.9. The molecule has 106 valence electrons. The minimum Gasteiger partial charge on any atom is -0.383 e.